The molecule has 0 saturated carbocycles. The van der Waals surface area contributed by atoms with Gasteiger partial charge in [0.2, 0.25) is 5.88 Å². The number of ether oxygens (including phenoxy) is 1. The lowest BCUT2D eigenvalue weighted by Crippen LogP contribution is -2.41. The van der Waals surface area contributed by atoms with Crippen molar-refractivity contribution in [1.82, 2.24) is 19.9 Å². The van der Waals surface area contributed by atoms with Crippen LogP contribution in [-0.4, -0.2) is 45.0 Å². The molecule has 3 heterocycles. The molecule has 1 saturated heterocycles. The van der Waals surface area contributed by atoms with Crippen molar-refractivity contribution >= 4 is 17.2 Å². The summed E-state index contributed by atoms with van der Waals surface area (Å²) in [4.78, 5) is 27.4. The summed E-state index contributed by atoms with van der Waals surface area (Å²) in [6.45, 7) is 5.22. The first-order valence-corrected chi connectivity index (χ1v) is 8.11. The average Bonchev–Trinajstić information content (AvgIpc) is 2.87. The van der Waals surface area contributed by atoms with Crippen molar-refractivity contribution in [1.29, 1.82) is 0 Å². The van der Waals surface area contributed by atoms with Crippen LogP contribution >= 0.6 is 11.3 Å². The fraction of sp³-hybridized carbons (Fsp3) is 0.467. The average molecular weight is 318 g/mol. The fourth-order valence-electron chi connectivity index (χ4n) is 2.57. The second-order valence-electron chi connectivity index (χ2n) is 5.30. The van der Waals surface area contributed by atoms with E-state index in [0.29, 0.717) is 19.0 Å². The molecule has 2 aromatic heterocycles. The lowest BCUT2D eigenvalue weighted by Gasteiger charge is -2.31. The predicted octanol–water partition coefficient (Wildman–Crippen LogP) is 2.23. The van der Waals surface area contributed by atoms with Gasteiger partial charge in [-0.3, -0.25) is 4.79 Å². The van der Waals surface area contributed by atoms with E-state index in [-0.39, 0.29) is 12.0 Å². The van der Waals surface area contributed by atoms with Gasteiger partial charge in [-0.25, -0.2) is 15.0 Å². The Bertz CT molecular complexity index is 651. The Morgan fingerprint density at radius 1 is 1.36 bits per heavy atom. The molecule has 2 aromatic rings. The van der Waals surface area contributed by atoms with Crippen LogP contribution in [0.15, 0.2) is 18.6 Å². The molecule has 0 bridgehead atoms. The minimum Gasteiger partial charge on any atom is -0.474 e. The van der Waals surface area contributed by atoms with Crippen LogP contribution in [0.3, 0.4) is 0 Å². The molecule has 1 amide bonds. The van der Waals surface area contributed by atoms with E-state index in [9.17, 15) is 4.79 Å². The molecular formula is C15H18N4O2S. The maximum absolute atomic E-state index is 12.5. The Morgan fingerprint density at radius 3 is 2.73 bits per heavy atom. The van der Waals surface area contributed by atoms with Gasteiger partial charge in [-0.05, 0) is 13.8 Å². The highest BCUT2D eigenvalue weighted by Crippen LogP contribution is 2.22. The third-order valence-electron chi connectivity index (χ3n) is 3.67. The van der Waals surface area contributed by atoms with Crippen LogP contribution < -0.4 is 4.74 Å². The zero-order valence-electron chi connectivity index (χ0n) is 12.7. The summed E-state index contributed by atoms with van der Waals surface area (Å²) >= 11 is 1.47. The number of carbonyl (C=O) groups excluding carboxylic acids is 1. The number of amides is 1. The van der Waals surface area contributed by atoms with Crippen molar-refractivity contribution in [2.24, 2.45) is 0 Å². The Labute approximate surface area is 133 Å². The molecular weight excluding hydrogens is 300 g/mol. The maximum atomic E-state index is 12.5. The van der Waals surface area contributed by atoms with Crippen LogP contribution in [0, 0.1) is 13.8 Å². The topological polar surface area (TPSA) is 68.2 Å². The first kappa shape index (κ1) is 14.9. The maximum Gasteiger partial charge on any atom is 0.265 e. The zero-order chi connectivity index (χ0) is 15.5. The highest BCUT2D eigenvalue weighted by atomic mass is 32.1. The van der Waals surface area contributed by atoms with E-state index in [1.807, 2.05) is 18.7 Å². The second-order valence-corrected chi connectivity index (χ2v) is 6.51. The molecule has 1 fully saturated rings. The number of hydrogen-bond donors (Lipinski definition) is 0. The van der Waals surface area contributed by atoms with Crippen molar-refractivity contribution in [3.8, 4) is 5.88 Å². The smallest absolute Gasteiger partial charge is 0.265 e. The first-order valence-electron chi connectivity index (χ1n) is 7.29. The minimum atomic E-state index is 0.0867. The standard InChI is InChI=1S/C15H18N4O2S/c1-10-14(22-11(2)18-10)15(20)19-7-4-12(5-8-19)21-13-3-6-16-9-17-13/h3,6,9,12H,4-5,7-8H2,1-2H3. The summed E-state index contributed by atoms with van der Waals surface area (Å²) < 4.78 is 5.82. The van der Waals surface area contributed by atoms with Crippen LogP contribution in [0.1, 0.15) is 33.2 Å². The molecule has 116 valence electrons. The molecule has 0 aromatic carbocycles. The molecule has 1 aliphatic heterocycles. The monoisotopic (exact) mass is 318 g/mol. The molecule has 22 heavy (non-hydrogen) atoms. The third kappa shape index (κ3) is 3.24. The summed E-state index contributed by atoms with van der Waals surface area (Å²) in [5, 5.41) is 0.933. The predicted molar refractivity (Wildman–Crippen MR) is 83.2 cm³/mol. The Balaban J connectivity index is 1.57. The van der Waals surface area contributed by atoms with E-state index in [1.54, 1.807) is 12.3 Å². The molecule has 0 unspecified atom stereocenters. The van der Waals surface area contributed by atoms with E-state index in [4.69, 9.17) is 4.74 Å². The molecule has 1 aliphatic rings. The van der Waals surface area contributed by atoms with Gasteiger partial charge < -0.3 is 9.64 Å². The summed E-state index contributed by atoms with van der Waals surface area (Å²) in [5.41, 5.74) is 0.826. The lowest BCUT2D eigenvalue weighted by atomic mass is 10.1. The minimum absolute atomic E-state index is 0.0867. The number of aromatic nitrogens is 3. The third-order valence-corrected chi connectivity index (χ3v) is 4.73. The lowest BCUT2D eigenvalue weighted by molar-refractivity contribution is 0.0591. The van der Waals surface area contributed by atoms with Gasteiger partial charge >= 0.3 is 0 Å². The molecule has 0 N–H and O–H groups in total. The number of rotatable bonds is 3. The number of hydrogen-bond acceptors (Lipinski definition) is 6. The number of thiazole rings is 1. The summed E-state index contributed by atoms with van der Waals surface area (Å²) in [6.07, 6.45) is 4.86. The quantitative estimate of drug-likeness (QED) is 0.868. The first-order chi connectivity index (χ1) is 10.6. The zero-order valence-corrected chi connectivity index (χ0v) is 13.5. The van der Waals surface area contributed by atoms with Gasteiger partial charge in [0.1, 0.15) is 17.3 Å². The van der Waals surface area contributed by atoms with Gasteiger partial charge in [0, 0.05) is 38.2 Å². The van der Waals surface area contributed by atoms with Gasteiger partial charge in [-0.1, -0.05) is 0 Å². The summed E-state index contributed by atoms with van der Waals surface area (Å²) in [5.74, 6) is 0.678. The molecule has 0 aliphatic carbocycles. The van der Waals surface area contributed by atoms with Gasteiger partial charge in [-0.15, -0.1) is 11.3 Å². The van der Waals surface area contributed by atoms with E-state index in [1.165, 1.54) is 17.7 Å². The molecule has 3 rings (SSSR count). The van der Waals surface area contributed by atoms with Crippen LogP contribution in [0.4, 0.5) is 0 Å². The SMILES string of the molecule is Cc1nc(C)c(C(=O)N2CCC(Oc3ccncn3)CC2)s1. The van der Waals surface area contributed by atoms with Crippen LogP contribution in [-0.2, 0) is 0 Å². The van der Waals surface area contributed by atoms with E-state index < -0.39 is 0 Å². The summed E-state index contributed by atoms with van der Waals surface area (Å²) in [6, 6.07) is 1.75. The van der Waals surface area contributed by atoms with Crippen molar-refractivity contribution < 1.29 is 9.53 Å². The molecule has 0 spiro atoms. The Hall–Kier alpha value is -2.02. The summed E-state index contributed by atoms with van der Waals surface area (Å²) in [7, 11) is 0. The highest BCUT2D eigenvalue weighted by Gasteiger charge is 2.27. The number of aryl methyl sites for hydroxylation is 2. The Kier molecular flexibility index (Phi) is 4.33. The van der Waals surface area contributed by atoms with E-state index in [0.717, 1.165) is 28.4 Å². The van der Waals surface area contributed by atoms with Gasteiger partial charge in [0.25, 0.3) is 5.91 Å². The number of piperidine rings is 1. The van der Waals surface area contributed by atoms with Crippen LogP contribution in [0.5, 0.6) is 5.88 Å². The highest BCUT2D eigenvalue weighted by molar-refractivity contribution is 7.13. The van der Waals surface area contributed by atoms with Gasteiger partial charge in [-0.2, -0.15) is 0 Å². The molecule has 0 radical (unpaired) electrons. The largest absolute Gasteiger partial charge is 0.474 e. The van der Waals surface area contributed by atoms with Crippen LogP contribution in [0.2, 0.25) is 0 Å². The second kappa shape index (κ2) is 6.39. The van der Waals surface area contributed by atoms with Gasteiger partial charge in [0.05, 0.1) is 10.7 Å². The van der Waals surface area contributed by atoms with Crippen molar-refractivity contribution in [2.75, 3.05) is 13.1 Å². The van der Waals surface area contributed by atoms with E-state index >= 15 is 0 Å². The fourth-order valence-corrected chi connectivity index (χ4v) is 3.46. The van der Waals surface area contributed by atoms with Gasteiger partial charge in [0.15, 0.2) is 0 Å². The normalized spacial score (nSPS) is 15.8. The van der Waals surface area contributed by atoms with Crippen LogP contribution in [0.25, 0.3) is 0 Å². The van der Waals surface area contributed by atoms with Crippen molar-refractivity contribution in [2.45, 2.75) is 32.8 Å². The molecule has 7 heteroatoms. The number of nitrogens with zero attached hydrogens (tertiary/aromatic N) is 4. The molecule has 0 atom stereocenters. The van der Waals surface area contributed by atoms with Crippen molar-refractivity contribution in [3.05, 3.63) is 34.2 Å². The number of likely N-dealkylation sites (tertiary alicyclic amines) is 1. The van der Waals surface area contributed by atoms with Crippen molar-refractivity contribution in [3.63, 3.8) is 0 Å². The van der Waals surface area contributed by atoms with E-state index in [2.05, 4.69) is 15.0 Å². The number of carbonyl (C=O) groups is 1. The molecule has 6 nitrogen and oxygen atoms in total. The Morgan fingerprint density at radius 2 is 2.14 bits per heavy atom.